The summed E-state index contributed by atoms with van der Waals surface area (Å²) in [6.07, 6.45) is 0.856. The second kappa shape index (κ2) is 7.97. The summed E-state index contributed by atoms with van der Waals surface area (Å²) in [5, 5.41) is 9.18. The molecule has 2 atom stereocenters. The smallest absolute Gasteiger partial charge is 0.315 e. The van der Waals surface area contributed by atoms with Gasteiger partial charge in [-0.05, 0) is 34.1 Å². The molecule has 21 heavy (non-hydrogen) atoms. The van der Waals surface area contributed by atoms with Crippen molar-refractivity contribution in [2.24, 2.45) is 0 Å². The van der Waals surface area contributed by atoms with Gasteiger partial charge in [0.1, 0.15) is 6.04 Å². The molecule has 0 aliphatic rings. The lowest BCUT2D eigenvalue weighted by molar-refractivity contribution is -0.123. The van der Waals surface area contributed by atoms with Gasteiger partial charge in [-0.2, -0.15) is 0 Å². The lowest BCUT2D eigenvalue weighted by Gasteiger charge is -2.17. The van der Waals surface area contributed by atoms with Crippen LogP contribution >= 0.6 is 11.3 Å². The normalized spacial score (nSPS) is 13.4. The molecule has 0 aliphatic heterocycles. The van der Waals surface area contributed by atoms with Crippen molar-refractivity contribution in [3.8, 4) is 0 Å². The summed E-state index contributed by atoms with van der Waals surface area (Å²) in [4.78, 5) is 28.9. The van der Waals surface area contributed by atoms with Crippen molar-refractivity contribution >= 4 is 23.3 Å². The van der Waals surface area contributed by atoms with Gasteiger partial charge in [-0.3, -0.25) is 4.79 Å². The lowest BCUT2D eigenvalue weighted by atomic mass is 10.2. The van der Waals surface area contributed by atoms with Crippen molar-refractivity contribution in [1.82, 2.24) is 20.9 Å². The number of thiazole rings is 1. The number of carbonyl (C=O) groups is 2. The summed E-state index contributed by atoms with van der Waals surface area (Å²) in [6, 6.07) is -0.817. The molecule has 1 heterocycles. The fourth-order valence-corrected chi connectivity index (χ4v) is 2.56. The van der Waals surface area contributed by atoms with Crippen LogP contribution in [0, 0.1) is 13.8 Å². The van der Waals surface area contributed by atoms with Gasteiger partial charge in [-0.1, -0.05) is 6.92 Å². The molecule has 0 aliphatic carbocycles. The van der Waals surface area contributed by atoms with Gasteiger partial charge in [0, 0.05) is 10.9 Å². The third-order valence-electron chi connectivity index (χ3n) is 3.15. The van der Waals surface area contributed by atoms with Crippen LogP contribution in [0.5, 0.6) is 0 Å². The number of hydrogen-bond acceptors (Lipinski definition) is 4. The first-order chi connectivity index (χ1) is 9.83. The Labute approximate surface area is 129 Å². The Kier molecular flexibility index (Phi) is 6.61. The largest absolute Gasteiger partial charge is 0.352 e. The molecule has 0 fully saturated rings. The average Bonchev–Trinajstić information content (AvgIpc) is 2.74. The summed E-state index contributed by atoms with van der Waals surface area (Å²) in [7, 11) is 0. The summed E-state index contributed by atoms with van der Waals surface area (Å²) in [5.41, 5.74) is 0.931. The second-order valence-corrected chi connectivity index (χ2v) is 6.40. The number of aromatic nitrogens is 1. The van der Waals surface area contributed by atoms with E-state index in [9.17, 15) is 9.59 Å². The Morgan fingerprint density at radius 3 is 2.43 bits per heavy atom. The van der Waals surface area contributed by atoms with Gasteiger partial charge in [-0.25, -0.2) is 9.78 Å². The van der Waals surface area contributed by atoms with Crippen LogP contribution in [-0.4, -0.2) is 29.0 Å². The van der Waals surface area contributed by atoms with Crippen molar-refractivity contribution in [3.63, 3.8) is 0 Å². The summed E-state index contributed by atoms with van der Waals surface area (Å²) < 4.78 is 0. The number of amides is 3. The number of hydrogen-bond donors (Lipinski definition) is 3. The Bertz CT molecular complexity index is 501. The molecule has 7 heteroatoms. The van der Waals surface area contributed by atoms with Crippen molar-refractivity contribution < 1.29 is 9.59 Å². The van der Waals surface area contributed by atoms with Crippen LogP contribution in [0.2, 0.25) is 0 Å². The van der Waals surface area contributed by atoms with Crippen molar-refractivity contribution in [2.75, 3.05) is 0 Å². The first-order valence-electron chi connectivity index (χ1n) is 7.11. The maximum atomic E-state index is 11.8. The van der Waals surface area contributed by atoms with E-state index < -0.39 is 6.04 Å². The molecule has 0 saturated heterocycles. The van der Waals surface area contributed by atoms with Crippen LogP contribution in [0.15, 0.2) is 0 Å². The highest BCUT2D eigenvalue weighted by Gasteiger charge is 2.17. The van der Waals surface area contributed by atoms with E-state index in [1.54, 1.807) is 18.3 Å². The zero-order valence-electron chi connectivity index (χ0n) is 13.2. The Balaban J connectivity index is 2.39. The topological polar surface area (TPSA) is 83.1 Å². The van der Waals surface area contributed by atoms with Crippen LogP contribution < -0.4 is 16.0 Å². The van der Waals surface area contributed by atoms with E-state index in [0.717, 1.165) is 22.0 Å². The van der Waals surface area contributed by atoms with Crippen LogP contribution in [0.25, 0.3) is 0 Å². The van der Waals surface area contributed by atoms with E-state index in [1.165, 1.54) is 0 Å². The van der Waals surface area contributed by atoms with E-state index in [2.05, 4.69) is 20.9 Å². The van der Waals surface area contributed by atoms with Gasteiger partial charge in [0.2, 0.25) is 5.91 Å². The maximum Gasteiger partial charge on any atom is 0.315 e. The van der Waals surface area contributed by atoms with Gasteiger partial charge in [-0.15, -0.1) is 11.3 Å². The highest BCUT2D eigenvalue weighted by Crippen LogP contribution is 2.16. The molecule has 6 nitrogen and oxygen atoms in total. The van der Waals surface area contributed by atoms with Crippen LogP contribution in [0.1, 0.15) is 42.8 Å². The van der Waals surface area contributed by atoms with E-state index in [0.29, 0.717) is 6.54 Å². The number of nitrogens with zero attached hydrogens (tertiary/aromatic N) is 1. The van der Waals surface area contributed by atoms with Gasteiger partial charge >= 0.3 is 6.03 Å². The fourth-order valence-electron chi connectivity index (χ4n) is 1.68. The monoisotopic (exact) mass is 312 g/mol. The molecule has 0 radical (unpaired) electrons. The molecule has 1 rings (SSSR count). The van der Waals surface area contributed by atoms with Crippen molar-refractivity contribution in [2.45, 2.75) is 59.7 Å². The average molecular weight is 312 g/mol. The molecule has 118 valence electrons. The number of aryl methyl sites for hydroxylation is 2. The third kappa shape index (κ3) is 5.71. The van der Waals surface area contributed by atoms with Gasteiger partial charge < -0.3 is 16.0 Å². The van der Waals surface area contributed by atoms with Gasteiger partial charge in [0.15, 0.2) is 0 Å². The van der Waals surface area contributed by atoms with Crippen molar-refractivity contribution in [3.05, 3.63) is 15.6 Å². The highest BCUT2D eigenvalue weighted by molar-refractivity contribution is 7.11. The third-order valence-corrected chi connectivity index (χ3v) is 4.22. The Morgan fingerprint density at radius 1 is 1.24 bits per heavy atom. The minimum absolute atomic E-state index is 0.104. The van der Waals surface area contributed by atoms with E-state index in [4.69, 9.17) is 0 Å². The Morgan fingerprint density at radius 2 is 1.90 bits per heavy atom. The molecule has 0 unspecified atom stereocenters. The predicted octanol–water partition coefficient (Wildman–Crippen LogP) is 1.86. The standard InChI is InChI=1S/C14H24N4O2S/c1-6-8(2)16-13(19)10(4)18-14(20)15-7-12-9(3)17-11(5)21-12/h8,10H,6-7H2,1-5H3,(H,16,19)(H2,15,18,20)/t8-,10+/m0/s1. The minimum Gasteiger partial charge on any atom is -0.352 e. The minimum atomic E-state index is -0.566. The summed E-state index contributed by atoms with van der Waals surface area (Å²) in [5.74, 6) is -0.177. The molecule has 0 spiro atoms. The zero-order valence-corrected chi connectivity index (χ0v) is 14.1. The van der Waals surface area contributed by atoms with Gasteiger partial charge in [0.25, 0.3) is 0 Å². The number of nitrogens with one attached hydrogen (secondary N) is 3. The fraction of sp³-hybridized carbons (Fsp3) is 0.643. The number of urea groups is 1. The summed E-state index contributed by atoms with van der Waals surface area (Å²) >= 11 is 1.56. The molecule has 0 saturated carbocycles. The SMILES string of the molecule is CC[C@H](C)NC(=O)[C@@H](C)NC(=O)NCc1sc(C)nc1C. The predicted molar refractivity (Wildman–Crippen MR) is 84.3 cm³/mol. The molecular weight excluding hydrogens is 288 g/mol. The van der Waals surface area contributed by atoms with Crippen LogP contribution in [0.4, 0.5) is 4.79 Å². The Hall–Kier alpha value is -1.63. The second-order valence-electron chi connectivity index (χ2n) is 5.11. The quantitative estimate of drug-likeness (QED) is 0.750. The van der Waals surface area contributed by atoms with E-state index in [-0.39, 0.29) is 18.0 Å². The summed E-state index contributed by atoms with van der Waals surface area (Å²) in [6.45, 7) is 9.86. The molecule has 1 aromatic rings. The van der Waals surface area contributed by atoms with E-state index in [1.807, 2.05) is 27.7 Å². The first kappa shape index (κ1) is 17.4. The molecule has 3 N–H and O–H groups in total. The lowest BCUT2D eigenvalue weighted by Crippen LogP contribution is -2.49. The van der Waals surface area contributed by atoms with E-state index >= 15 is 0 Å². The highest BCUT2D eigenvalue weighted by atomic mass is 32.1. The molecule has 0 bridgehead atoms. The number of carbonyl (C=O) groups excluding carboxylic acids is 2. The first-order valence-corrected chi connectivity index (χ1v) is 7.92. The van der Waals surface area contributed by atoms with Crippen molar-refractivity contribution in [1.29, 1.82) is 0 Å². The molecule has 1 aromatic heterocycles. The molecular formula is C14H24N4O2S. The number of rotatable bonds is 6. The maximum absolute atomic E-state index is 11.8. The van der Waals surface area contributed by atoms with Crippen LogP contribution in [-0.2, 0) is 11.3 Å². The zero-order chi connectivity index (χ0) is 16.0. The van der Waals surface area contributed by atoms with Gasteiger partial charge in [0.05, 0.1) is 17.2 Å². The van der Waals surface area contributed by atoms with Crippen LogP contribution in [0.3, 0.4) is 0 Å². The molecule has 0 aromatic carbocycles. The molecule has 3 amide bonds.